The summed E-state index contributed by atoms with van der Waals surface area (Å²) in [5.41, 5.74) is 2.42. The number of fused-ring (bicyclic) bond motifs is 2. The second-order valence-corrected chi connectivity index (χ2v) is 10.0. The van der Waals surface area contributed by atoms with Crippen LogP contribution < -0.4 is 4.74 Å². The summed E-state index contributed by atoms with van der Waals surface area (Å²) in [7, 11) is 0. The minimum absolute atomic E-state index is 0.0369. The van der Waals surface area contributed by atoms with Crippen LogP contribution in [0.5, 0.6) is 5.75 Å². The number of hydrogen-bond acceptors (Lipinski definition) is 3. The third-order valence-corrected chi connectivity index (χ3v) is 7.52. The SMILES string of the molecule is CCCCCC(=O)OC1CCCCC1c1cccc(OCc2c3ccccc3cc3ccccc23)c1. The molecule has 1 fully saturated rings. The van der Waals surface area contributed by atoms with Crippen LogP contribution in [0.25, 0.3) is 21.5 Å². The maximum absolute atomic E-state index is 12.5. The highest BCUT2D eigenvalue weighted by atomic mass is 16.5. The molecule has 5 rings (SSSR count). The van der Waals surface area contributed by atoms with E-state index in [0.29, 0.717) is 13.0 Å². The second-order valence-electron chi connectivity index (χ2n) is 10.0. The van der Waals surface area contributed by atoms with Gasteiger partial charge in [-0.2, -0.15) is 0 Å². The van der Waals surface area contributed by atoms with Gasteiger partial charge < -0.3 is 9.47 Å². The van der Waals surface area contributed by atoms with Crippen molar-refractivity contribution in [2.45, 2.75) is 76.9 Å². The Balaban J connectivity index is 1.34. The van der Waals surface area contributed by atoms with E-state index >= 15 is 0 Å². The summed E-state index contributed by atoms with van der Waals surface area (Å²) in [6, 6.07) is 27.7. The molecule has 0 bridgehead atoms. The van der Waals surface area contributed by atoms with Gasteiger partial charge >= 0.3 is 5.97 Å². The highest BCUT2D eigenvalue weighted by Crippen LogP contribution is 2.37. The third-order valence-electron chi connectivity index (χ3n) is 7.52. The van der Waals surface area contributed by atoms with E-state index < -0.39 is 0 Å². The van der Waals surface area contributed by atoms with E-state index in [0.717, 1.165) is 44.3 Å². The Morgan fingerprint density at radius 2 is 1.56 bits per heavy atom. The number of carbonyl (C=O) groups excluding carboxylic acids is 1. The zero-order valence-electron chi connectivity index (χ0n) is 21.2. The Labute approximate surface area is 214 Å². The van der Waals surface area contributed by atoms with Gasteiger partial charge in [-0.25, -0.2) is 0 Å². The predicted octanol–water partition coefficient (Wildman–Crippen LogP) is 8.72. The highest BCUT2D eigenvalue weighted by Gasteiger charge is 2.29. The van der Waals surface area contributed by atoms with Crippen molar-refractivity contribution in [1.82, 2.24) is 0 Å². The maximum Gasteiger partial charge on any atom is 0.306 e. The van der Waals surface area contributed by atoms with Gasteiger partial charge in [0.15, 0.2) is 0 Å². The number of esters is 1. The first-order valence-corrected chi connectivity index (χ1v) is 13.5. The van der Waals surface area contributed by atoms with Gasteiger partial charge in [0.1, 0.15) is 18.5 Å². The summed E-state index contributed by atoms with van der Waals surface area (Å²) in [5.74, 6) is 1.05. The van der Waals surface area contributed by atoms with Crippen molar-refractivity contribution in [3.8, 4) is 5.75 Å². The number of hydrogen-bond donors (Lipinski definition) is 0. The molecule has 2 unspecified atom stereocenters. The Bertz CT molecular complexity index is 1270. The van der Waals surface area contributed by atoms with Crippen LogP contribution in [0.1, 0.15) is 75.3 Å². The lowest BCUT2D eigenvalue weighted by Gasteiger charge is -2.31. The van der Waals surface area contributed by atoms with E-state index in [1.807, 2.05) is 6.07 Å². The molecule has 1 aliphatic carbocycles. The molecule has 4 aromatic carbocycles. The van der Waals surface area contributed by atoms with Gasteiger partial charge in [-0.15, -0.1) is 0 Å². The Hall–Kier alpha value is -3.33. The van der Waals surface area contributed by atoms with Gasteiger partial charge in [0.05, 0.1) is 0 Å². The minimum Gasteiger partial charge on any atom is -0.489 e. The van der Waals surface area contributed by atoms with Gasteiger partial charge in [0.2, 0.25) is 0 Å². The van der Waals surface area contributed by atoms with Crippen molar-refractivity contribution in [2.24, 2.45) is 0 Å². The first-order chi connectivity index (χ1) is 17.7. The molecule has 0 N–H and O–H groups in total. The lowest BCUT2D eigenvalue weighted by molar-refractivity contribution is -0.151. The van der Waals surface area contributed by atoms with Crippen LogP contribution in [-0.4, -0.2) is 12.1 Å². The lowest BCUT2D eigenvalue weighted by Crippen LogP contribution is -2.28. The Morgan fingerprint density at radius 3 is 2.31 bits per heavy atom. The van der Waals surface area contributed by atoms with Crippen molar-refractivity contribution in [2.75, 3.05) is 0 Å². The molecule has 1 saturated carbocycles. The molecule has 0 aromatic heterocycles. The van der Waals surface area contributed by atoms with Gasteiger partial charge in [0.25, 0.3) is 0 Å². The van der Waals surface area contributed by atoms with Gasteiger partial charge in [-0.05, 0) is 71.0 Å². The number of unbranched alkanes of at least 4 members (excludes halogenated alkanes) is 2. The molecule has 0 aliphatic heterocycles. The standard InChI is InChI=1S/C33H36O3/c1-2-3-4-20-33(34)36-32-19-10-9-18-30(32)26-14-11-15-27(22-26)35-23-31-28-16-7-5-12-24(28)21-25-13-6-8-17-29(25)31/h5-8,11-17,21-22,30,32H,2-4,9-10,18-20,23H2,1H3. The monoisotopic (exact) mass is 480 g/mol. The molecule has 0 saturated heterocycles. The fourth-order valence-corrected chi connectivity index (χ4v) is 5.62. The number of ether oxygens (including phenoxy) is 2. The average molecular weight is 481 g/mol. The van der Waals surface area contributed by atoms with Gasteiger partial charge in [-0.1, -0.05) is 86.8 Å². The van der Waals surface area contributed by atoms with E-state index in [1.54, 1.807) is 0 Å². The molecular formula is C33H36O3. The first kappa shape index (κ1) is 24.4. The highest BCUT2D eigenvalue weighted by molar-refractivity contribution is 6.02. The summed E-state index contributed by atoms with van der Waals surface area (Å²) < 4.78 is 12.4. The zero-order valence-corrected chi connectivity index (χ0v) is 21.2. The second kappa shape index (κ2) is 11.6. The molecule has 0 spiro atoms. The molecule has 4 aromatic rings. The molecule has 1 aliphatic rings. The van der Waals surface area contributed by atoms with Crippen LogP contribution in [0.2, 0.25) is 0 Å². The van der Waals surface area contributed by atoms with Crippen molar-refractivity contribution in [3.05, 3.63) is 90.0 Å². The fourth-order valence-electron chi connectivity index (χ4n) is 5.62. The summed E-state index contributed by atoms with van der Waals surface area (Å²) in [5, 5.41) is 4.92. The van der Waals surface area contributed by atoms with Crippen LogP contribution in [0.15, 0.2) is 78.9 Å². The van der Waals surface area contributed by atoms with Crippen molar-refractivity contribution in [3.63, 3.8) is 0 Å². The zero-order chi connectivity index (χ0) is 24.7. The molecule has 3 nitrogen and oxygen atoms in total. The van der Waals surface area contributed by atoms with Crippen molar-refractivity contribution < 1.29 is 14.3 Å². The lowest BCUT2D eigenvalue weighted by atomic mass is 9.81. The molecule has 3 heteroatoms. The molecule has 186 valence electrons. The number of benzene rings is 4. The van der Waals surface area contributed by atoms with Crippen molar-refractivity contribution >= 4 is 27.5 Å². The van der Waals surface area contributed by atoms with Crippen LogP contribution in [0, 0.1) is 0 Å². The molecule has 0 heterocycles. The van der Waals surface area contributed by atoms with Gasteiger partial charge in [-0.3, -0.25) is 4.79 Å². The predicted molar refractivity (Wildman–Crippen MR) is 147 cm³/mol. The largest absolute Gasteiger partial charge is 0.489 e. The van der Waals surface area contributed by atoms with Crippen LogP contribution in [-0.2, 0) is 16.1 Å². The summed E-state index contributed by atoms with van der Waals surface area (Å²) in [6.45, 7) is 2.66. The van der Waals surface area contributed by atoms with Crippen molar-refractivity contribution in [1.29, 1.82) is 0 Å². The normalized spacial score (nSPS) is 17.8. The minimum atomic E-state index is -0.0458. The molecule has 36 heavy (non-hydrogen) atoms. The van der Waals surface area contributed by atoms with Crippen LogP contribution >= 0.6 is 0 Å². The fraction of sp³-hybridized carbons (Fsp3) is 0.364. The van der Waals surface area contributed by atoms with E-state index in [1.165, 1.54) is 39.1 Å². The molecule has 0 amide bonds. The summed E-state index contributed by atoms with van der Waals surface area (Å²) >= 11 is 0. The third kappa shape index (κ3) is 5.56. The molecule has 2 atom stereocenters. The Kier molecular flexibility index (Phi) is 7.85. The van der Waals surface area contributed by atoms with Gasteiger partial charge in [0, 0.05) is 17.9 Å². The van der Waals surface area contributed by atoms with E-state index in [4.69, 9.17) is 9.47 Å². The molecular weight excluding hydrogens is 444 g/mol. The summed E-state index contributed by atoms with van der Waals surface area (Å²) in [4.78, 5) is 12.5. The number of rotatable bonds is 9. The Morgan fingerprint density at radius 1 is 0.833 bits per heavy atom. The number of carbonyl (C=O) groups is 1. The van der Waals surface area contributed by atoms with E-state index in [9.17, 15) is 4.79 Å². The van der Waals surface area contributed by atoms with Crippen LogP contribution in [0.4, 0.5) is 0 Å². The quantitative estimate of drug-likeness (QED) is 0.136. The summed E-state index contributed by atoms with van der Waals surface area (Å²) in [6.07, 6.45) is 7.87. The average Bonchev–Trinajstić information content (AvgIpc) is 2.91. The topological polar surface area (TPSA) is 35.5 Å². The first-order valence-electron chi connectivity index (χ1n) is 13.5. The van der Waals surface area contributed by atoms with E-state index in [2.05, 4.69) is 79.7 Å². The van der Waals surface area contributed by atoms with Crippen LogP contribution in [0.3, 0.4) is 0 Å². The smallest absolute Gasteiger partial charge is 0.306 e. The maximum atomic E-state index is 12.5. The molecule has 0 radical (unpaired) electrons. The van der Waals surface area contributed by atoms with E-state index in [-0.39, 0.29) is 18.0 Å².